The average Bonchev–Trinajstić information content (AvgIpc) is 2.49. The van der Waals surface area contributed by atoms with E-state index in [9.17, 15) is 4.79 Å². The van der Waals surface area contributed by atoms with Gasteiger partial charge in [-0.15, -0.1) is 0 Å². The van der Waals surface area contributed by atoms with E-state index in [4.69, 9.17) is 4.74 Å². The number of carbonyl (C=O) groups excluding carboxylic acids is 1. The Labute approximate surface area is 127 Å². The highest BCUT2D eigenvalue weighted by Crippen LogP contribution is 2.23. The minimum absolute atomic E-state index is 0.00244. The Morgan fingerprint density at radius 2 is 2.00 bits per heavy atom. The number of carbonyl (C=O) groups is 1. The first kappa shape index (κ1) is 15.6. The predicted molar refractivity (Wildman–Crippen MR) is 86.2 cm³/mol. The van der Waals surface area contributed by atoms with Gasteiger partial charge in [-0.1, -0.05) is 31.9 Å². The smallest absolute Gasteiger partial charge is 0.244 e. The molecule has 0 bridgehead atoms. The van der Waals surface area contributed by atoms with Crippen molar-refractivity contribution in [2.75, 3.05) is 6.61 Å². The first-order chi connectivity index (χ1) is 10.2. The van der Waals surface area contributed by atoms with Crippen LogP contribution in [0.15, 0.2) is 30.3 Å². The zero-order valence-corrected chi connectivity index (χ0v) is 13.0. The van der Waals surface area contributed by atoms with Gasteiger partial charge in [-0.25, -0.2) is 0 Å². The number of benzene rings is 1. The Hall–Kier alpha value is -1.77. The van der Waals surface area contributed by atoms with Gasteiger partial charge in [-0.2, -0.15) is 0 Å². The fourth-order valence-electron chi connectivity index (χ4n) is 2.78. The number of hydrogen-bond acceptors (Lipinski definition) is 2. The van der Waals surface area contributed by atoms with Gasteiger partial charge < -0.3 is 10.1 Å². The van der Waals surface area contributed by atoms with Crippen molar-refractivity contribution in [3.8, 4) is 5.75 Å². The van der Waals surface area contributed by atoms with Gasteiger partial charge in [0.15, 0.2) is 0 Å². The molecule has 1 aromatic rings. The number of ether oxygens (including phenoxy) is 1. The lowest BCUT2D eigenvalue weighted by atomic mass is 9.86. The number of nitrogens with one attached hydrogen (secondary N) is 1. The van der Waals surface area contributed by atoms with Crippen molar-refractivity contribution < 1.29 is 9.53 Å². The lowest BCUT2D eigenvalue weighted by Crippen LogP contribution is -2.40. The maximum Gasteiger partial charge on any atom is 0.244 e. The zero-order valence-electron chi connectivity index (χ0n) is 13.0. The standard InChI is InChI=1S/C18H25NO2/c1-3-21-16-11-8-15(9-12-16)10-13-18(20)19-17-7-5-4-6-14(17)2/h8-14,17H,3-7H2,1-2H3,(H,19,20)/b13-10+/t14-,17+/m0/s1. The molecule has 1 fully saturated rings. The van der Waals surface area contributed by atoms with Gasteiger partial charge in [0.05, 0.1) is 6.61 Å². The zero-order chi connectivity index (χ0) is 15.1. The molecular formula is C18H25NO2. The first-order valence-electron chi connectivity index (χ1n) is 7.90. The largest absolute Gasteiger partial charge is 0.494 e. The Kier molecular flexibility index (Phi) is 5.85. The van der Waals surface area contributed by atoms with Crippen LogP contribution in [-0.4, -0.2) is 18.6 Å². The molecule has 0 heterocycles. The second kappa shape index (κ2) is 7.87. The van der Waals surface area contributed by atoms with E-state index in [1.165, 1.54) is 19.3 Å². The van der Waals surface area contributed by atoms with Crippen LogP contribution in [0.4, 0.5) is 0 Å². The SMILES string of the molecule is CCOc1ccc(/C=C/C(=O)N[C@@H]2CCCC[C@@H]2C)cc1. The van der Waals surface area contributed by atoms with E-state index in [1.54, 1.807) is 6.08 Å². The van der Waals surface area contributed by atoms with Crippen LogP contribution in [0.3, 0.4) is 0 Å². The molecule has 0 aliphatic heterocycles. The van der Waals surface area contributed by atoms with Gasteiger partial charge in [-0.3, -0.25) is 4.79 Å². The van der Waals surface area contributed by atoms with Crippen molar-refractivity contribution in [3.63, 3.8) is 0 Å². The highest BCUT2D eigenvalue weighted by atomic mass is 16.5. The van der Waals surface area contributed by atoms with E-state index < -0.39 is 0 Å². The van der Waals surface area contributed by atoms with Crippen LogP contribution in [0.2, 0.25) is 0 Å². The van der Waals surface area contributed by atoms with E-state index in [2.05, 4.69) is 12.2 Å². The van der Waals surface area contributed by atoms with Crippen LogP contribution in [0.25, 0.3) is 6.08 Å². The van der Waals surface area contributed by atoms with E-state index >= 15 is 0 Å². The fraction of sp³-hybridized carbons (Fsp3) is 0.500. The lowest BCUT2D eigenvalue weighted by Gasteiger charge is -2.29. The van der Waals surface area contributed by atoms with Crippen molar-refractivity contribution in [1.82, 2.24) is 5.32 Å². The predicted octanol–water partition coefficient (Wildman–Crippen LogP) is 3.79. The molecular weight excluding hydrogens is 262 g/mol. The van der Waals surface area contributed by atoms with Crippen molar-refractivity contribution in [1.29, 1.82) is 0 Å². The third-order valence-corrected chi connectivity index (χ3v) is 4.06. The van der Waals surface area contributed by atoms with Gasteiger partial charge >= 0.3 is 0 Å². The molecule has 1 N–H and O–H groups in total. The minimum Gasteiger partial charge on any atom is -0.494 e. The Bertz CT molecular complexity index is 478. The van der Waals surface area contributed by atoms with Gasteiger partial charge in [-0.05, 0) is 49.5 Å². The summed E-state index contributed by atoms with van der Waals surface area (Å²) < 4.78 is 5.40. The molecule has 1 aliphatic rings. The monoisotopic (exact) mass is 287 g/mol. The molecule has 1 amide bonds. The summed E-state index contributed by atoms with van der Waals surface area (Å²) in [6, 6.07) is 8.08. The molecule has 21 heavy (non-hydrogen) atoms. The second-order valence-corrected chi connectivity index (χ2v) is 5.71. The van der Waals surface area contributed by atoms with Crippen LogP contribution in [0.5, 0.6) is 5.75 Å². The van der Waals surface area contributed by atoms with Crippen molar-refractivity contribution in [2.45, 2.75) is 45.6 Å². The Morgan fingerprint density at radius 3 is 2.67 bits per heavy atom. The molecule has 2 atom stereocenters. The number of amides is 1. The molecule has 2 rings (SSSR count). The normalized spacial score (nSPS) is 22.2. The highest BCUT2D eigenvalue weighted by molar-refractivity contribution is 5.91. The summed E-state index contributed by atoms with van der Waals surface area (Å²) in [5.74, 6) is 1.44. The molecule has 3 heteroatoms. The Balaban J connectivity index is 1.86. The van der Waals surface area contributed by atoms with E-state index in [1.807, 2.05) is 37.3 Å². The van der Waals surface area contributed by atoms with E-state index in [0.29, 0.717) is 18.6 Å². The van der Waals surface area contributed by atoms with Crippen molar-refractivity contribution >= 4 is 12.0 Å². The summed E-state index contributed by atoms with van der Waals surface area (Å²) in [4.78, 5) is 12.0. The third-order valence-electron chi connectivity index (χ3n) is 4.06. The summed E-state index contributed by atoms with van der Waals surface area (Å²) >= 11 is 0. The molecule has 0 saturated heterocycles. The number of hydrogen-bond donors (Lipinski definition) is 1. The minimum atomic E-state index is 0.00244. The third kappa shape index (κ3) is 4.92. The maximum absolute atomic E-state index is 12.0. The van der Waals surface area contributed by atoms with Gasteiger partial charge in [0, 0.05) is 12.1 Å². The molecule has 1 saturated carbocycles. The average molecular weight is 287 g/mol. The maximum atomic E-state index is 12.0. The summed E-state index contributed by atoms with van der Waals surface area (Å²) in [6.07, 6.45) is 8.29. The molecule has 0 aromatic heterocycles. The summed E-state index contributed by atoms with van der Waals surface area (Å²) in [5.41, 5.74) is 1.00. The molecule has 1 aliphatic carbocycles. The van der Waals surface area contributed by atoms with Crippen LogP contribution >= 0.6 is 0 Å². The van der Waals surface area contributed by atoms with E-state index in [0.717, 1.165) is 17.7 Å². The molecule has 3 nitrogen and oxygen atoms in total. The van der Waals surface area contributed by atoms with Crippen LogP contribution in [0.1, 0.15) is 45.1 Å². The van der Waals surface area contributed by atoms with Gasteiger partial charge in [0.2, 0.25) is 5.91 Å². The Morgan fingerprint density at radius 1 is 1.29 bits per heavy atom. The van der Waals surface area contributed by atoms with Crippen LogP contribution in [-0.2, 0) is 4.79 Å². The van der Waals surface area contributed by atoms with Gasteiger partial charge in [0.1, 0.15) is 5.75 Å². The summed E-state index contributed by atoms with van der Waals surface area (Å²) in [5, 5.41) is 3.12. The van der Waals surface area contributed by atoms with Crippen LogP contribution < -0.4 is 10.1 Å². The second-order valence-electron chi connectivity index (χ2n) is 5.71. The molecule has 0 spiro atoms. The van der Waals surface area contributed by atoms with E-state index in [-0.39, 0.29) is 5.91 Å². The number of rotatable bonds is 5. The van der Waals surface area contributed by atoms with Crippen LogP contribution in [0, 0.1) is 5.92 Å². The molecule has 1 aromatic carbocycles. The highest BCUT2D eigenvalue weighted by Gasteiger charge is 2.21. The first-order valence-corrected chi connectivity index (χ1v) is 7.90. The van der Waals surface area contributed by atoms with Crippen molar-refractivity contribution in [2.24, 2.45) is 5.92 Å². The molecule has 114 valence electrons. The quantitative estimate of drug-likeness (QED) is 0.837. The molecule has 0 radical (unpaired) electrons. The summed E-state index contributed by atoms with van der Waals surface area (Å²) in [6.45, 7) is 4.85. The topological polar surface area (TPSA) is 38.3 Å². The van der Waals surface area contributed by atoms with Gasteiger partial charge in [0.25, 0.3) is 0 Å². The van der Waals surface area contributed by atoms with Crippen molar-refractivity contribution in [3.05, 3.63) is 35.9 Å². The summed E-state index contributed by atoms with van der Waals surface area (Å²) in [7, 11) is 0. The molecule has 0 unspecified atom stereocenters. The lowest BCUT2D eigenvalue weighted by molar-refractivity contribution is -0.117. The fourth-order valence-corrected chi connectivity index (χ4v) is 2.78.